The van der Waals surface area contributed by atoms with Gasteiger partial charge in [-0.25, -0.2) is 4.58 Å². The summed E-state index contributed by atoms with van der Waals surface area (Å²) >= 11 is 0. The Morgan fingerprint density at radius 1 is 1.20 bits per heavy atom. The predicted octanol–water partition coefficient (Wildman–Crippen LogP) is 3.75. The second kappa shape index (κ2) is 4.44. The summed E-state index contributed by atoms with van der Waals surface area (Å²) < 4.78 is 2.60. The summed E-state index contributed by atoms with van der Waals surface area (Å²) in [5, 5.41) is 0. The molecule has 20 heavy (non-hydrogen) atoms. The van der Waals surface area contributed by atoms with Gasteiger partial charge in [0.1, 0.15) is 13.1 Å². The van der Waals surface area contributed by atoms with Crippen LogP contribution in [0.15, 0.2) is 24.3 Å². The zero-order chi connectivity index (χ0) is 13.7. The molecule has 0 aromatic heterocycles. The summed E-state index contributed by atoms with van der Waals surface area (Å²) in [7, 11) is 0. The van der Waals surface area contributed by atoms with E-state index in [0.29, 0.717) is 5.41 Å². The maximum absolute atomic E-state index is 2.60. The van der Waals surface area contributed by atoms with Crippen molar-refractivity contribution < 1.29 is 4.58 Å². The van der Waals surface area contributed by atoms with E-state index in [9.17, 15) is 0 Å². The molecule has 4 aliphatic rings. The lowest BCUT2D eigenvalue weighted by Gasteiger charge is -2.59. The molecule has 3 fully saturated rings. The molecule has 0 unspecified atom stereocenters. The Morgan fingerprint density at radius 2 is 2.05 bits per heavy atom. The number of hydrogen-bond donors (Lipinski definition) is 0. The maximum Gasteiger partial charge on any atom is 0.170 e. The highest BCUT2D eigenvalue weighted by Crippen LogP contribution is 2.61. The summed E-state index contributed by atoms with van der Waals surface area (Å²) in [4.78, 5) is 0. The third-order valence-electron chi connectivity index (χ3n) is 6.52. The van der Waals surface area contributed by atoms with Gasteiger partial charge >= 0.3 is 0 Å². The van der Waals surface area contributed by atoms with Crippen molar-refractivity contribution in [1.29, 1.82) is 0 Å². The van der Waals surface area contributed by atoms with Crippen LogP contribution in [-0.4, -0.2) is 23.9 Å². The average Bonchev–Trinajstić information content (AvgIpc) is 2.47. The van der Waals surface area contributed by atoms with Gasteiger partial charge in [0.15, 0.2) is 6.21 Å². The topological polar surface area (TPSA) is 3.01 Å². The van der Waals surface area contributed by atoms with Crippen LogP contribution in [0.2, 0.25) is 0 Å². The first-order valence-electron chi connectivity index (χ1n) is 8.31. The van der Waals surface area contributed by atoms with Gasteiger partial charge in [-0.15, -0.1) is 0 Å². The van der Waals surface area contributed by atoms with E-state index in [1.165, 1.54) is 49.9 Å². The van der Waals surface area contributed by atoms with Gasteiger partial charge in [0.2, 0.25) is 0 Å². The van der Waals surface area contributed by atoms with Crippen molar-refractivity contribution in [3.8, 4) is 0 Å². The Hall–Kier alpha value is -1.11. The molecule has 0 saturated heterocycles. The monoisotopic (exact) mass is 268 g/mol. The number of benzene rings is 1. The highest BCUT2D eigenvalue weighted by Gasteiger charge is 2.55. The van der Waals surface area contributed by atoms with Crippen molar-refractivity contribution >= 4 is 6.21 Å². The van der Waals surface area contributed by atoms with E-state index in [1.807, 2.05) is 0 Å². The minimum absolute atomic E-state index is 0.622. The van der Waals surface area contributed by atoms with Gasteiger partial charge in [-0.3, -0.25) is 0 Å². The first kappa shape index (κ1) is 12.6. The highest BCUT2D eigenvalue weighted by molar-refractivity contribution is 5.78. The van der Waals surface area contributed by atoms with Crippen molar-refractivity contribution in [1.82, 2.24) is 0 Å². The molecule has 1 aromatic carbocycles. The van der Waals surface area contributed by atoms with Crippen LogP contribution in [-0.2, 0) is 6.42 Å². The van der Waals surface area contributed by atoms with Gasteiger partial charge in [-0.2, -0.15) is 0 Å². The largest absolute Gasteiger partial charge is 0.235 e. The lowest BCUT2D eigenvalue weighted by Crippen LogP contribution is -2.54. The number of fused-ring (bicyclic) bond motifs is 3. The van der Waals surface area contributed by atoms with Gasteiger partial charge in [0, 0.05) is 17.9 Å². The zero-order valence-electron chi connectivity index (χ0n) is 12.8. The van der Waals surface area contributed by atoms with Crippen molar-refractivity contribution in [2.24, 2.45) is 23.2 Å². The SMILES string of the molecule is CC1(C)[C@H]2CC[C@@H](C[N+]3=Cc4ccccc4CC3)[C@@H]1C2. The summed E-state index contributed by atoms with van der Waals surface area (Å²) in [6.45, 7) is 7.51. The van der Waals surface area contributed by atoms with E-state index >= 15 is 0 Å². The molecule has 3 saturated carbocycles. The molecule has 0 amide bonds. The van der Waals surface area contributed by atoms with Crippen molar-refractivity contribution in [3.63, 3.8) is 0 Å². The molecule has 3 aliphatic carbocycles. The first-order valence-corrected chi connectivity index (χ1v) is 8.31. The predicted molar refractivity (Wildman–Crippen MR) is 83.4 cm³/mol. The molecule has 0 N–H and O–H groups in total. The minimum atomic E-state index is 0.622. The standard InChI is InChI=1S/C19H26N/c1-19(2)17-8-7-16(18(19)11-17)13-20-10-9-14-5-3-4-6-15(14)12-20/h3-6,12,16-18H,7-11,13H2,1-2H3/q+1/t16-,17-,18-/m0/s1. The van der Waals surface area contributed by atoms with Crippen LogP contribution in [0.1, 0.15) is 44.2 Å². The lowest BCUT2D eigenvalue weighted by atomic mass is 9.45. The molecule has 5 rings (SSSR count). The smallest absolute Gasteiger partial charge is 0.170 e. The van der Waals surface area contributed by atoms with E-state index in [2.05, 4.69) is 48.9 Å². The zero-order valence-corrected chi connectivity index (χ0v) is 12.8. The lowest BCUT2D eigenvalue weighted by molar-refractivity contribution is -0.536. The Bertz CT molecular complexity index is 553. The van der Waals surface area contributed by atoms with Crippen LogP contribution in [0, 0.1) is 23.2 Å². The maximum atomic E-state index is 2.60. The fraction of sp³-hybridized carbons (Fsp3) is 0.632. The molecule has 106 valence electrons. The van der Waals surface area contributed by atoms with E-state index in [-0.39, 0.29) is 0 Å². The average molecular weight is 268 g/mol. The number of rotatable bonds is 2. The van der Waals surface area contributed by atoms with Crippen molar-refractivity contribution in [3.05, 3.63) is 35.4 Å². The molecule has 1 nitrogen and oxygen atoms in total. The highest BCUT2D eigenvalue weighted by atomic mass is 15.0. The van der Waals surface area contributed by atoms with E-state index in [1.54, 1.807) is 0 Å². The Morgan fingerprint density at radius 3 is 2.85 bits per heavy atom. The third kappa shape index (κ3) is 1.86. The number of hydrogen-bond acceptors (Lipinski definition) is 0. The second-order valence-corrected chi connectivity index (χ2v) is 7.77. The van der Waals surface area contributed by atoms with Crippen LogP contribution >= 0.6 is 0 Å². The molecule has 0 spiro atoms. The molecule has 1 aromatic rings. The molecule has 1 heterocycles. The first-order chi connectivity index (χ1) is 9.64. The van der Waals surface area contributed by atoms with Crippen LogP contribution in [0.5, 0.6) is 0 Å². The fourth-order valence-electron chi connectivity index (χ4n) is 5.04. The molecule has 2 bridgehead atoms. The summed E-state index contributed by atoms with van der Waals surface area (Å²) in [5.41, 5.74) is 3.59. The third-order valence-corrected chi connectivity index (χ3v) is 6.52. The quantitative estimate of drug-likeness (QED) is 0.719. The van der Waals surface area contributed by atoms with Crippen molar-refractivity contribution in [2.45, 2.75) is 39.5 Å². The van der Waals surface area contributed by atoms with E-state index in [0.717, 1.165) is 17.8 Å². The van der Waals surface area contributed by atoms with Crippen LogP contribution in [0.4, 0.5) is 0 Å². The second-order valence-electron chi connectivity index (χ2n) is 7.77. The normalized spacial score (nSPS) is 33.9. The van der Waals surface area contributed by atoms with E-state index < -0.39 is 0 Å². The Labute approximate surface area is 122 Å². The van der Waals surface area contributed by atoms with Gasteiger partial charge in [-0.1, -0.05) is 32.0 Å². The van der Waals surface area contributed by atoms with E-state index in [4.69, 9.17) is 0 Å². The minimum Gasteiger partial charge on any atom is -0.235 e. The molecular weight excluding hydrogens is 242 g/mol. The Kier molecular flexibility index (Phi) is 2.80. The molecular formula is C19H26N+. The molecule has 1 aliphatic heterocycles. The summed E-state index contributed by atoms with van der Waals surface area (Å²) in [5.74, 6) is 2.93. The van der Waals surface area contributed by atoms with Gasteiger partial charge in [0.25, 0.3) is 0 Å². The van der Waals surface area contributed by atoms with Crippen LogP contribution in [0.25, 0.3) is 0 Å². The van der Waals surface area contributed by atoms with Gasteiger partial charge in [-0.05, 0) is 48.1 Å². The summed E-state index contributed by atoms with van der Waals surface area (Å²) in [6, 6.07) is 8.88. The summed E-state index contributed by atoms with van der Waals surface area (Å²) in [6.07, 6.45) is 8.07. The molecule has 0 radical (unpaired) electrons. The van der Waals surface area contributed by atoms with Crippen LogP contribution in [0.3, 0.4) is 0 Å². The Balaban J connectivity index is 1.52. The van der Waals surface area contributed by atoms with Crippen molar-refractivity contribution in [2.75, 3.05) is 13.1 Å². The van der Waals surface area contributed by atoms with Gasteiger partial charge < -0.3 is 0 Å². The van der Waals surface area contributed by atoms with Crippen LogP contribution < -0.4 is 0 Å². The molecule has 1 heteroatoms. The van der Waals surface area contributed by atoms with Gasteiger partial charge in [0.05, 0.1) is 0 Å². The number of nitrogens with zero attached hydrogens (tertiary/aromatic N) is 1. The molecule has 3 atom stereocenters. The fourth-order valence-corrected chi connectivity index (χ4v) is 5.04.